The third-order valence-corrected chi connectivity index (χ3v) is 6.33. The predicted molar refractivity (Wildman–Crippen MR) is 138 cm³/mol. The van der Waals surface area contributed by atoms with Crippen LogP contribution in [0.3, 0.4) is 0 Å². The number of nitrogens with zero attached hydrogens (tertiary/aromatic N) is 5. The Morgan fingerprint density at radius 2 is 1.74 bits per heavy atom. The topological polar surface area (TPSA) is 84.0 Å². The number of para-hydroxylation sites is 2. The van der Waals surface area contributed by atoms with E-state index in [1.54, 1.807) is 12.0 Å². The summed E-state index contributed by atoms with van der Waals surface area (Å²) in [6.45, 7) is 2.36. The molecule has 0 aliphatic heterocycles. The molecule has 4 rings (SSSR count). The predicted octanol–water partition coefficient (Wildman–Crippen LogP) is 5.29. The average Bonchev–Trinajstić information content (AvgIpc) is 3.32. The van der Waals surface area contributed by atoms with Gasteiger partial charge in [0.1, 0.15) is 5.75 Å². The van der Waals surface area contributed by atoms with Gasteiger partial charge in [0.15, 0.2) is 11.0 Å². The first kappa shape index (κ1) is 24.0. The van der Waals surface area contributed by atoms with E-state index in [2.05, 4.69) is 16.3 Å². The van der Waals surface area contributed by atoms with E-state index in [4.69, 9.17) is 10.00 Å². The number of ether oxygens (including phenoxy) is 1. The number of thioether (sulfide) groups is 1. The van der Waals surface area contributed by atoms with Gasteiger partial charge < -0.3 is 9.64 Å². The van der Waals surface area contributed by atoms with Gasteiger partial charge in [-0.25, -0.2) is 0 Å². The van der Waals surface area contributed by atoms with Gasteiger partial charge in [0.25, 0.3) is 0 Å². The van der Waals surface area contributed by atoms with Gasteiger partial charge >= 0.3 is 0 Å². The number of hydrogen-bond acceptors (Lipinski definition) is 6. The number of aryl methyl sites for hydroxylation is 1. The molecule has 0 radical (unpaired) electrons. The van der Waals surface area contributed by atoms with Crippen LogP contribution in [0.1, 0.15) is 12.0 Å². The summed E-state index contributed by atoms with van der Waals surface area (Å²) in [5.74, 6) is 1.36. The Morgan fingerprint density at radius 3 is 2.46 bits per heavy atom. The molecule has 1 amide bonds. The molecule has 0 N–H and O–H groups in total. The standard InChI is InChI=1S/C27H25N5O2S/c1-20-13-15-22(16-14-20)32-26(23-11-6-7-12-24(23)34-2)29-30-27(32)35-19-25(33)31(18-8-17-28)21-9-4-3-5-10-21/h3-7,9-16H,8,18-19H2,1-2H3. The van der Waals surface area contributed by atoms with Crippen LogP contribution >= 0.6 is 11.8 Å². The maximum absolute atomic E-state index is 13.2. The molecule has 0 atom stereocenters. The quantitative estimate of drug-likeness (QED) is 0.301. The molecule has 0 saturated heterocycles. The van der Waals surface area contributed by atoms with E-state index >= 15 is 0 Å². The molecule has 0 unspecified atom stereocenters. The zero-order valence-electron chi connectivity index (χ0n) is 19.6. The number of benzene rings is 3. The first-order valence-corrected chi connectivity index (χ1v) is 12.1. The Kier molecular flexibility index (Phi) is 7.81. The highest BCUT2D eigenvalue weighted by molar-refractivity contribution is 7.99. The van der Waals surface area contributed by atoms with E-state index in [1.165, 1.54) is 11.8 Å². The van der Waals surface area contributed by atoms with Crippen molar-refractivity contribution in [1.29, 1.82) is 5.26 Å². The zero-order chi connectivity index (χ0) is 24.6. The van der Waals surface area contributed by atoms with E-state index in [0.717, 1.165) is 22.5 Å². The molecule has 0 saturated carbocycles. The lowest BCUT2D eigenvalue weighted by Gasteiger charge is -2.21. The fourth-order valence-corrected chi connectivity index (χ4v) is 4.49. The zero-order valence-corrected chi connectivity index (χ0v) is 20.4. The van der Waals surface area contributed by atoms with Crippen LogP contribution in [-0.2, 0) is 4.79 Å². The van der Waals surface area contributed by atoms with Crippen molar-refractivity contribution < 1.29 is 9.53 Å². The minimum absolute atomic E-state index is 0.103. The number of rotatable bonds is 9. The minimum atomic E-state index is -0.103. The van der Waals surface area contributed by atoms with Gasteiger partial charge in [0.05, 0.1) is 30.9 Å². The summed E-state index contributed by atoms with van der Waals surface area (Å²) in [6, 6.07) is 27.2. The van der Waals surface area contributed by atoms with Crippen LogP contribution in [0.2, 0.25) is 0 Å². The van der Waals surface area contributed by atoms with Gasteiger partial charge in [0.2, 0.25) is 5.91 Å². The first-order chi connectivity index (χ1) is 17.1. The largest absolute Gasteiger partial charge is 0.496 e. The second-order valence-electron chi connectivity index (χ2n) is 7.76. The molecule has 7 nitrogen and oxygen atoms in total. The lowest BCUT2D eigenvalue weighted by atomic mass is 10.1. The summed E-state index contributed by atoms with van der Waals surface area (Å²) in [7, 11) is 1.62. The molecule has 0 spiro atoms. The van der Waals surface area contributed by atoms with Gasteiger partial charge in [-0.15, -0.1) is 10.2 Å². The third kappa shape index (κ3) is 5.53. The molecule has 1 heterocycles. The molecule has 0 bridgehead atoms. The van der Waals surface area contributed by atoms with Gasteiger partial charge in [0, 0.05) is 17.9 Å². The van der Waals surface area contributed by atoms with Crippen molar-refractivity contribution in [3.8, 4) is 28.9 Å². The molecule has 8 heteroatoms. The van der Waals surface area contributed by atoms with Crippen LogP contribution < -0.4 is 9.64 Å². The second kappa shape index (κ2) is 11.4. The molecule has 0 fully saturated rings. The lowest BCUT2D eigenvalue weighted by molar-refractivity contribution is -0.116. The smallest absolute Gasteiger partial charge is 0.237 e. The summed E-state index contributed by atoms with van der Waals surface area (Å²) in [6.07, 6.45) is 0.253. The Labute approximate surface area is 209 Å². The number of hydrogen-bond donors (Lipinski definition) is 0. The number of anilines is 1. The van der Waals surface area contributed by atoms with E-state index in [0.29, 0.717) is 23.3 Å². The summed E-state index contributed by atoms with van der Waals surface area (Å²) < 4.78 is 7.50. The Balaban J connectivity index is 1.67. The highest BCUT2D eigenvalue weighted by Gasteiger charge is 2.21. The van der Waals surface area contributed by atoms with Crippen molar-refractivity contribution in [2.45, 2.75) is 18.5 Å². The van der Waals surface area contributed by atoms with Crippen LogP contribution in [0, 0.1) is 18.3 Å². The van der Waals surface area contributed by atoms with E-state index in [1.807, 2.05) is 90.4 Å². The van der Waals surface area contributed by atoms with Crippen LogP contribution in [0.15, 0.2) is 84.0 Å². The van der Waals surface area contributed by atoms with Gasteiger partial charge in [-0.05, 0) is 43.3 Å². The molecule has 35 heavy (non-hydrogen) atoms. The maximum Gasteiger partial charge on any atom is 0.237 e. The van der Waals surface area contributed by atoms with Crippen molar-refractivity contribution in [3.05, 3.63) is 84.4 Å². The van der Waals surface area contributed by atoms with E-state index in [9.17, 15) is 4.79 Å². The van der Waals surface area contributed by atoms with E-state index in [-0.39, 0.29) is 18.1 Å². The fraction of sp³-hybridized carbons (Fsp3) is 0.185. The Morgan fingerprint density at radius 1 is 1.03 bits per heavy atom. The molecular weight excluding hydrogens is 458 g/mol. The minimum Gasteiger partial charge on any atom is -0.496 e. The number of carbonyl (C=O) groups is 1. The number of carbonyl (C=O) groups excluding carboxylic acids is 1. The number of nitriles is 1. The van der Waals surface area contributed by atoms with Crippen LogP contribution in [-0.4, -0.2) is 40.1 Å². The van der Waals surface area contributed by atoms with Crippen LogP contribution in [0.25, 0.3) is 17.1 Å². The number of methoxy groups -OCH3 is 1. The average molecular weight is 484 g/mol. The number of amides is 1. The Hall–Kier alpha value is -4.09. The molecule has 0 aliphatic rings. The lowest BCUT2D eigenvalue weighted by Crippen LogP contribution is -2.33. The summed E-state index contributed by atoms with van der Waals surface area (Å²) in [4.78, 5) is 14.9. The molecular formula is C27H25N5O2S. The van der Waals surface area contributed by atoms with Crippen LogP contribution in [0.4, 0.5) is 5.69 Å². The van der Waals surface area contributed by atoms with Crippen molar-refractivity contribution >= 4 is 23.4 Å². The Bertz CT molecular complexity index is 1330. The molecule has 176 valence electrons. The van der Waals surface area contributed by atoms with E-state index < -0.39 is 0 Å². The third-order valence-electron chi connectivity index (χ3n) is 5.41. The summed E-state index contributed by atoms with van der Waals surface area (Å²) in [5.41, 5.74) is 3.60. The highest BCUT2D eigenvalue weighted by Crippen LogP contribution is 2.33. The fourth-order valence-electron chi connectivity index (χ4n) is 3.67. The molecule has 1 aromatic heterocycles. The SMILES string of the molecule is COc1ccccc1-c1nnc(SCC(=O)N(CCC#N)c2ccccc2)n1-c1ccc(C)cc1. The van der Waals surface area contributed by atoms with Crippen molar-refractivity contribution in [3.63, 3.8) is 0 Å². The van der Waals surface area contributed by atoms with Gasteiger partial charge in [-0.2, -0.15) is 5.26 Å². The maximum atomic E-state index is 13.2. The monoisotopic (exact) mass is 483 g/mol. The van der Waals surface area contributed by atoms with Crippen LogP contribution in [0.5, 0.6) is 5.75 Å². The van der Waals surface area contributed by atoms with Crippen molar-refractivity contribution in [1.82, 2.24) is 14.8 Å². The highest BCUT2D eigenvalue weighted by atomic mass is 32.2. The molecule has 3 aromatic carbocycles. The molecule has 4 aromatic rings. The normalized spacial score (nSPS) is 10.5. The van der Waals surface area contributed by atoms with Crippen molar-refractivity contribution in [2.75, 3.05) is 24.3 Å². The van der Waals surface area contributed by atoms with Gasteiger partial charge in [-0.3, -0.25) is 9.36 Å². The molecule has 0 aliphatic carbocycles. The second-order valence-corrected chi connectivity index (χ2v) is 8.70. The number of aromatic nitrogens is 3. The van der Waals surface area contributed by atoms with Gasteiger partial charge in [-0.1, -0.05) is 59.8 Å². The summed E-state index contributed by atoms with van der Waals surface area (Å²) in [5, 5.41) is 18.6. The summed E-state index contributed by atoms with van der Waals surface area (Å²) >= 11 is 1.31. The first-order valence-electron chi connectivity index (χ1n) is 11.1. The van der Waals surface area contributed by atoms with Crippen molar-refractivity contribution in [2.24, 2.45) is 0 Å².